The molecule has 26 atom stereocenters. The van der Waals surface area contributed by atoms with E-state index in [4.69, 9.17) is 52.1 Å². The second-order valence-corrected chi connectivity index (χ2v) is 23.0. The van der Waals surface area contributed by atoms with Gasteiger partial charge < -0.3 is 82.7 Å². The van der Waals surface area contributed by atoms with Crippen LogP contribution in [0.4, 0.5) is 0 Å². The molecule has 8 saturated heterocycles. The van der Waals surface area contributed by atoms with Gasteiger partial charge in [-0.2, -0.15) is 0 Å². The standard InChI is InChI=1S/C50H84O18/c1-24-20-25(2)48(10,56)65-40(24)34-21-35(61-38-14-12-31(51)29(6)59-38)45(62-34)47(9)17-16-36(64-47)46(8)18-19-49(68-46)22-33(53)26(3)41(66-49)27(4)42-44(58-11)43(28(5)50(57,67-42)23-37(54)55)63-39-15-13-32(52)30(7)60-39/h24-36,38-45,51-53,56-57H,12-23H2,1-11H3,(H,54,55)/t24-,25+,26+,27+,28+,29+,30+,31-,32-,33-,34+,35-,36+,38+,39-,40-,41+,42+,43-,44+,45-,46+,47+,48-,49+,50-/m0/s1. The summed E-state index contributed by atoms with van der Waals surface area (Å²) in [6.45, 7) is 19.0. The fourth-order valence-corrected chi connectivity index (χ4v) is 13.1. The Kier molecular flexibility index (Phi) is 15.6. The molecule has 8 rings (SSSR count). The van der Waals surface area contributed by atoms with Crippen LogP contribution in [0.25, 0.3) is 0 Å². The van der Waals surface area contributed by atoms with Crippen LogP contribution in [0.3, 0.4) is 0 Å². The summed E-state index contributed by atoms with van der Waals surface area (Å²) in [5, 5.41) is 65.8. The SMILES string of the molecule is CO[C@@H]1[C@@H]([C@H](C)[C@@H]2O[C@@]3(CC[C@](C)([C@H]4CC[C@](C)([C@H]5O[C@@H]([C@H]6O[C@](C)(O)[C@H](C)C[C@@H]6C)C[C@@H]5O[C@@H]5CC[C@H](O)[C@@H](C)O5)O4)O3)C[C@H](O)[C@H]2C)O[C@@](O)(CC(=O)O)[C@H](C)[C@@H]1O[C@H]1CC[C@H](O)[C@@H](C)O1. The van der Waals surface area contributed by atoms with Crippen molar-refractivity contribution < 1.29 is 87.5 Å². The maximum atomic E-state index is 12.2. The fraction of sp³-hybridized carbons (Fsp3) is 0.980. The molecular formula is C50H84O18. The van der Waals surface area contributed by atoms with Crippen LogP contribution in [0.2, 0.25) is 0 Å². The van der Waals surface area contributed by atoms with Gasteiger partial charge in [0.15, 0.2) is 29.9 Å². The number of aliphatic carboxylic acids is 1. The Morgan fingerprint density at radius 3 is 1.99 bits per heavy atom. The summed E-state index contributed by atoms with van der Waals surface area (Å²) in [5.41, 5.74) is -1.64. The normalized spacial score (nSPS) is 55.1. The molecule has 8 heterocycles. The number of carboxylic acids is 1. The molecule has 392 valence electrons. The Hall–Kier alpha value is -1.17. The van der Waals surface area contributed by atoms with Gasteiger partial charge in [-0.25, -0.2) is 0 Å². The van der Waals surface area contributed by atoms with Gasteiger partial charge in [0.05, 0.1) is 90.9 Å². The predicted octanol–water partition coefficient (Wildman–Crippen LogP) is 4.29. The summed E-state index contributed by atoms with van der Waals surface area (Å²) in [5.74, 6) is -7.68. The molecule has 18 nitrogen and oxygen atoms in total. The van der Waals surface area contributed by atoms with E-state index in [1.54, 1.807) is 20.8 Å². The van der Waals surface area contributed by atoms with Crippen LogP contribution < -0.4 is 0 Å². The maximum Gasteiger partial charge on any atom is 0.308 e. The summed E-state index contributed by atoms with van der Waals surface area (Å²) in [6.07, 6.45) is -4.52. The van der Waals surface area contributed by atoms with E-state index in [9.17, 15) is 35.4 Å². The van der Waals surface area contributed by atoms with Gasteiger partial charge in [0.25, 0.3) is 0 Å². The van der Waals surface area contributed by atoms with E-state index in [1.165, 1.54) is 7.11 Å². The van der Waals surface area contributed by atoms with Gasteiger partial charge >= 0.3 is 5.97 Å². The third kappa shape index (κ3) is 10.3. The van der Waals surface area contributed by atoms with Crippen molar-refractivity contribution in [3.8, 4) is 0 Å². The number of carbonyl (C=O) groups is 1. The largest absolute Gasteiger partial charge is 0.481 e. The predicted molar refractivity (Wildman–Crippen MR) is 240 cm³/mol. The zero-order valence-corrected chi connectivity index (χ0v) is 42.2. The maximum absolute atomic E-state index is 12.2. The lowest BCUT2D eigenvalue weighted by Gasteiger charge is -2.54. The van der Waals surface area contributed by atoms with Gasteiger partial charge in [-0.1, -0.05) is 34.6 Å². The Morgan fingerprint density at radius 2 is 1.37 bits per heavy atom. The van der Waals surface area contributed by atoms with Crippen molar-refractivity contribution in [3.05, 3.63) is 0 Å². The fourth-order valence-electron chi connectivity index (χ4n) is 13.1. The third-order valence-corrected chi connectivity index (χ3v) is 17.8. The topological polar surface area (TPSA) is 240 Å². The minimum Gasteiger partial charge on any atom is -0.481 e. The highest BCUT2D eigenvalue weighted by atomic mass is 16.7. The van der Waals surface area contributed by atoms with Crippen LogP contribution in [0.5, 0.6) is 0 Å². The first-order chi connectivity index (χ1) is 31.8. The molecule has 1 spiro atoms. The molecule has 0 unspecified atom stereocenters. The number of rotatable bonds is 12. The van der Waals surface area contributed by atoms with Crippen molar-refractivity contribution in [3.63, 3.8) is 0 Å². The summed E-state index contributed by atoms with van der Waals surface area (Å²) < 4.78 is 72.7. The average Bonchev–Trinajstić information content (AvgIpc) is 3.98. The van der Waals surface area contributed by atoms with Crippen LogP contribution in [-0.4, -0.2) is 170 Å². The van der Waals surface area contributed by atoms with E-state index >= 15 is 0 Å². The summed E-state index contributed by atoms with van der Waals surface area (Å²) >= 11 is 0. The van der Waals surface area contributed by atoms with Gasteiger partial charge in [-0.15, -0.1) is 0 Å². The van der Waals surface area contributed by atoms with Gasteiger partial charge in [0.2, 0.25) is 0 Å². The highest BCUT2D eigenvalue weighted by molar-refractivity contribution is 5.68. The Balaban J connectivity index is 0.993. The van der Waals surface area contributed by atoms with Crippen molar-refractivity contribution in [1.29, 1.82) is 0 Å². The molecule has 0 aromatic rings. The minimum atomic E-state index is -2.15. The molecule has 8 fully saturated rings. The molecule has 0 aromatic carbocycles. The quantitative estimate of drug-likeness (QED) is 0.160. The molecule has 8 aliphatic heterocycles. The molecule has 0 aromatic heterocycles. The van der Waals surface area contributed by atoms with Gasteiger partial charge in [0, 0.05) is 62.9 Å². The summed E-state index contributed by atoms with van der Waals surface area (Å²) in [7, 11) is 1.52. The van der Waals surface area contributed by atoms with Gasteiger partial charge in [0.1, 0.15) is 12.2 Å². The molecule has 18 heteroatoms. The number of aliphatic hydroxyl groups excluding tert-OH is 3. The first-order valence-corrected chi connectivity index (χ1v) is 25.7. The molecule has 6 N–H and O–H groups in total. The minimum absolute atomic E-state index is 0.0466. The number of carboxylic acid groups (broad SMARTS) is 1. The lowest BCUT2D eigenvalue weighted by Crippen LogP contribution is -2.66. The van der Waals surface area contributed by atoms with E-state index in [0.717, 1.165) is 6.42 Å². The zero-order chi connectivity index (χ0) is 49.5. The number of methoxy groups -OCH3 is 1. The Morgan fingerprint density at radius 1 is 0.721 bits per heavy atom. The van der Waals surface area contributed by atoms with E-state index in [2.05, 4.69) is 13.8 Å². The first kappa shape index (κ1) is 53.1. The Labute approximate surface area is 402 Å². The molecule has 0 radical (unpaired) electrons. The van der Waals surface area contributed by atoms with Crippen molar-refractivity contribution in [2.45, 2.75) is 273 Å². The summed E-state index contributed by atoms with van der Waals surface area (Å²) in [6, 6.07) is 0. The molecule has 0 aliphatic carbocycles. The van der Waals surface area contributed by atoms with Crippen LogP contribution in [0, 0.1) is 29.6 Å². The lowest BCUT2D eigenvalue weighted by atomic mass is 9.75. The van der Waals surface area contributed by atoms with E-state index in [0.29, 0.717) is 57.8 Å². The average molecular weight is 973 g/mol. The van der Waals surface area contributed by atoms with Crippen molar-refractivity contribution in [2.24, 2.45) is 29.6 Å². The smallest absolute Gasteiger partial charge is 0.308 e. The molecule has 0 amide bonds. The molecule has 0 bridgehead atoms. The van der Waals surface area contributed by atoms with Crippen LogP contribution in [0.15, 0.2) is 0 Å². The number of hydrogen-bond donors (Lipinski definition) is 6. The number of ether oxygens (including phenoxy) is 11. The monoisotopic (exact) mass is 973 g/mol. The third-order valence-electron chi connectivity index (χ3n) is 17.8. The van der Waals surface area contributed by atoms with Crippen molar-refractivity contribution in [1.82, 2.24) is 0 Å². The van der Waals surface area contributed by atoms with Crippen LogP contribution in [-0.2, 0) is 56.9 Å². The molecular weight excluding hydrogens is 889 g/mol. The second-order valence-electron chi connectivity index (χ2n) is 23.0. The van der Waals surface area contributed by atoms with E-state index in [1.807, 2.05) is 34.6 Å². The lowest BCUT2D eigenvalue weighted by molar-refractivity contribution is -0.377. The van der Waals surface area contributed by atoms with Crippen molar-refractivity contribution >= 4 is 5.97 Å². The summed E-state index contributed by atoms with van der Waals surface area (Å²) in [4.78, 5) is 12.2. The highest BCUT2D eigenvalue weighted by Crippen LogP contribution is 2.55. The Bertz CT molecular complexity index is 1740. The van der Waals surface area contributed by atoms with E-state index in [-0.39, 0.29) is 42.7 Å². The van der Waals surface area contributed by atoms with E-state index < -0.39 is 132 Å². The molecule has 68 heavy (non-hydrogen) atoms. The molecule has 0 saturated carbocycles. The number of hydrogen-bond acceptors (Lipinski definition) is 17. The van der Waals surface area contributed by atoms with Gasteiger partial charge in [-0.3, -0.25) is 4.79 Å². The van der Waals surface area contributed by atoms with Crippen LogP contribution >= 0.6 is 0 Å². The number of aliphatic hydroxyl groups is 5. The van der Waals surface area contributed by atoms with Crippen LogP contribution in [0.1, 0.15) is 146 Å². The first-order valence-electron chi connectivity index (χ1n) is 25.7. The molecule has 8 aliphatic rings. The van der Waals surface area contributed by atoms with Crippen molar-refractivity contribution in [2.75, 3.05) is 7.11 Å². The zero-order valence-electron chi connectivity index (χ0n) is 42.2. The van der Waals surface area contributed by atoms with Gasteiger partial charge in [-0.05, 0) is 79.1 Å². The highest BCUT2D eigenvalue weighted by Gasteiger charge is 2.64. The second kappa shape index (κ2) is 19.9.